The van der Waals surface area contributed by atoms with Gasteiger partial charge in [-0.25, -0.2) is 9.37 Å². The van der Waals surface area contributed by atoms with E-state index in [-0.39, 0.29) is 5.82 Å². The lowest BCUT2D eigenvalue weighted by molar-refractivity contribution is 0.627. The molecule has 0 amide bonds. The molecule has 1 N–H and O–H groups in total. The Morgan fingerprint density at radius 3 is 2.93 bits per heavy atom. The van der Waals surface area contributed by atoms with Gasteiger partial charge in [-0.1, -0.05) is 0 Å². The fraction of sp³-hybridized carbons (Fsp3) is 0.182. The Hall–Kier alpha value is -1.42. The number of thiazole rings is 1. The standard InChI is InChI=1S/C11H11FN2S/c1-8-2-9(12)4-10(3-8)13-5-11-6-15-7-14-11/h2-4,6-7,13H,5H2,1H3. The number of nitrogens with one attached hydrogen (secondary N) is 1. The van der Waals surface area contributed by atoms with Gasteiger partial charge >= 0.3 is 0 Å². The van der Waals surface area contributed by atoms with Crippen LogP contribution < -0.4 is 5.32 Å². The number of aryl methyl sites for hydroxylation is 1. The van der Waals surface area contributed by atoms with Gasteiger partial charge in [0.05, 0.1) is 17.7 Å². The normalized spacial score (nSPS) is 10.3. The first-order valence-corrected chi connectivity index (χ1v) is 5.56. The second kappa shape index (κ2) is 4.40. The van der Waals surface area contributed by atoms with Gasteiger partial charge in [0.1, 0.15) is 5.82 Å². The van der Waals surface area contributed by atoms with Crippen LogP contribution in [0.25, 0.3) is 0 Å². The summed E-state index contributed by atoms with van der Waals surface area (Å²) >= 11 is 1.56. The molecule has 0 radical (unpaired) electrons. The summed E-state index contributed by atoms with van der Waals surface area (Å²) in [4.78, 5) is 4.14. The van der Waals surface area contributed by atoms with E-state index in [0.717, 1.165) is 16.9 Å². The minimum atomic E-state index is -0.212. The Balaban J connectivity index is 2.05. The Labute approximate surface area is 91.8 Å². The van der Waals surface area contributed by atoms with Gasteiger partial charge in [0.25, 0.3) is 0 Å². The molecule has 0 saturated carbocycles. The van der Waals surface area contributed by atoms with Crippen molar-refractivity contribution in [3.8, 4) is 0 Å². The molecule has 4 heteroatoms. The third-order valence-corrected chi connectivity index (χ3v) is 2.63. The molecule has 0 bridgehead atoms. The number of hydrogen-bond acceptors (Lipinski definition) is 3. The molecule has 2 rings (SSSR count). The minimum absolute atomic E-state index is 0.212. The molecular weight excluding hydrogens is 211 g/mol. The quantitative estimate of drug-likeness (QED) is 0.862. The zero-order valence-electron chi connectivity index (χ0n) is 8.33. The highest BCUT2D eigenvalue weighted by atomic mass is 32.1. The van der Waals surface area contributed by atoms with Crippen molar-refractivity contribution in [3.05, 3.63) is 46.2 Å². The number of rotatable bonds is 3. The Kier molecular flexibility index (Phi) is 2.97. The van der Waals surface area contributed by atoms with Crippen molar-refractivity contribution in [3.63, 3.8) is 0 Å². The first kappa shape index (κ1) is 10.1. The summed E-state index contributed by atoms with van der Waals surface area (Å²) in [5.74, 6) is -0.212. The highest BCUT2D eigenvalue weighted by Crippen LogP contribution is 2.14. The minimum Gasteiger partial charge on any atom is -0.379 e. The fourth-order valence-corrected chi connectivity index (χ4v) is 1.91. The van der Waals surface area contributed by atoms with Gasteiger partial charge in [-0.3, -0.25) is 0 Å². The van der Waals surface area contributed by atoms with Crippen LogP contribution in [0.2, 0.25) is 0 Å². The van der Waals surface area contributed by atoms with Gasteiger partial charge in [0, 0.05) is 11.1 Å². The van der Waals surface area contributed by atoms with Crippen molar-refractivity contribution >= 4 is 17.0 Å². The van der Waals surface area contributed by atoms with Gasteiger partial charge in [0.2, 0.25) is 0 Å². The molecule has 0 aliphatic rings. The lowest BCUT2D eigenvalue weighted by Gasteiger charge is -2.05. The van der Waals surface area contributed by atoms with Gasteiger partial charge in [-0.05, 0) is 30.7 Å². The largest absolute Gasteiger partial charge is 0.379 e. The summed E-state index contributed by atoms with van der Waals surface area (Å²) in [6.45, 7) is 2.50. The van der Waals surface area contributed by atoms with Crippen molar-refractivity contribution in [1.29, 1.82) is 0 Å². The number of anilines is 1. The van der Waals surface area contributed by atoms with Gasteiger partial charge in [0.15, 0.2) is 0 Å². The van der Waals surface area contributed by atoms with Crippen LogP contribution >= 0.6 is 11.3 Å². The molecule has 0 saturated heterocycles. The summed E-state index contributed by atoms with van der Waals surface area (Å²) in [7, 11) is 0. The first-order chi connectivity index (χ1) is 7.24. The van der Waals surface area contributed by atoms with E-state index in [2.05, 4.69) is 10.3 Å². The van der Waals surface area contributed by atoms with Crippen LogP contribution in [0.5, 0.6) is 0 Å². The highest BCUT2D eigenvalue weighted by Gasteiger charge is 1.98. The summed E-state index contributed by atoms with van der Waals surface area (Å²) in [5.41, 5.74) is 4.46. The second-order valence-electron chi connectivity index (χ2n) is 3.35. The summed E-state index contributed by atoms with van der Waals surface area (Å²) < 4.78 is 13.0. The lowest BCUT2D eigenvalue weighted by Crippen LogP contribution is -2.00. The molecule has 0 atom stereocenters. The van der Waals surface area contributed by atoms with E-state index in [1.165, 1.54) is 12.1 Å². The van der Waals surface area contributed by atoms with Gasteiger partial charge in [-0.15, -0.1) is 11.3 Å². The summed E-state index contributed by atoms with van der Waals surface area (Å²) in [6.07, 6.45) is 0. The number of benzene rings is 1. The number of nitrogens with zero attached hydrogens (tertiary/aromatic N) is 1. The zero-order valence-corrected chi connectivity index (χ0v) is 9.14. The molecule has 15 heavy (non-hydrogen) atoms. The molecule has 0 aliphatic carbocycles. The van der Waals surface area contributed by atoms with E-state index >= 15 is 0 Å². The topological polar surface area (TPSA) is 24.9 Å². The molecule has 2 nitrogen and oxygen atoms in total. The third-order valence-electron chi connectivity index (χ3n) is 2.00. The predicted octanol–water partition coefficient (Wildman–Crippen LogP) is 3.20. The zero-order chi connectivity index (χ0) is 10.7. The van der Waals surface area contributed by atoms with Crippen LogP contribution in [0.1, 0.15) is 11.3 Å². The van der Waals surface area contributed by atoms with Gasteiger partial charge < -0.3 is 5.32 Å². The molecule has 0 unspecified atom stereocenters. The van der Waals surface area contributed by atoms with Crippen molar-refractivity contribution in [2.45, 2.75) is 13.5 Å². The van der Waals surface area contributed by atoms with Crippen LogP contribution in [0, 0.1) is 12.7 Å². The van der Waals surface area contributed by atoms with E-state index in [0.29, 0.717) is 6.54 Å². The van der Waals surface area contributed by atoms with Crippen molar-refractivity contribution < 1.29 is 4.39 Å². The number of hydrogen-bond donors (Lipinski definition) is 1. The SMILES string of the molecule is Cc1cc(F)cc(NCc2cscn2)c1. The predicted molar refractivity (Wildman–Crippen MR) is 60.6 cm³/mol. The average Bonchev–Trinajstić information content (AvgIpc) is 2.65. The average molecular weight is 222 g/mol. The van der Waals surface area contributed by atoms with E-state index < -0.39 is 0 Å². The number of halogens is 1. The molecule has 0 aliphatic heterocycles. The third kappa shape index (κ3) is 2.76. The van der Waals surface area contributed by atoms with Gasteiger partial charge in [-0.2, -0.15) is 0 Å². The summed E-state index contributed by atoms with van der Waals surface area (Å²) in [6, 6.07) is 4.91. The van der Waals surface area contributed by atoms with E-state index in [4.69, 9.17) is 0 Å². The second-order valence-corrected chi connectivity index (χ2v) is 4.07. The molecule has 0 spiro atoms. The van der Waals surface area contributed by atoms with Crippen molar-refractivity contribution in [2.75, 3.05) is 5.32 Å². The molecule has 78 valence electrons. The maximum absolute atomic E-state index is 13.0. The van der Waals surface area contributed by atoms with Crippen LogP contribution in [-0.4, -0.2) is 4.98 Å². The smallest absolute Gasteiger partial charge is 0.125 e. The Morgan fingerprint density at radius 2 is 2.27 bits per heavy atom. The molecule has 2 aromatic rings. The van der Waals surface area contributed by atoms with E-state index in [9.17, 15) is 4.39 Å². The molecule has 1 heterocycles. The van der Waals surface area contributed by atoms with Crippen LogP contribution in [0.4, 0.5) is 10.1 Å². The van der Waals surface area contributed by atoms with E-state index in [1.54, 1.807) is 16.8 Å². The van der Waals surface area contributed by atoms with E-state index in [1.807, 2.05) is 18.4 Å². The van der Waals surface area contributed by atoms with Crippen molar-refractivity contribution in [2.24, 2.45) is 0 Å². The van der Waals surface area contributed by atoms with Crippen LogP contribution in [-0.2, 0) is 6.54 Å². The Bertz CT molecular complexity index is 420. The monoisotopic (exact) mass is 222 g/mol. The first-order valence-electron chi connectivity index (χ1n) is 4.62. The lowest BCUT2D eigenvalue weighted by atomic mass is 10.2. The Morgan fingerprint density at radius 1 is 1.40 bits per heavy atom. The molecule has 0 fully saturated rings. The van der Waals surface area contributed by atoms with Crippen LogP contribution in [0.3, 0.4) is 0 Å². The van der Waals surface area contributed by atoms with Crippen molar-refractivity contribution in [1.82, 2.24) is 4.98 Å². The molecule has 1 aromatic heterocycles. The maximum atomic E-state index is 13.0. The maximum Gasteiger partial charge on any atom is 0.125 e. The summed E-state index contributed by atoms with van der Waals surface area (Å²) in [5, 5.41) is 5.10. The molecular formula is C11H11FN2S. The number of aromatic nitrogens is 1. The molecule has 1 aromatic carbocycles. The fourth-order valence-electron chi connectivity index (χ4n) is 1.36. The highest BCUT2D eigenvalue weighted by molar-refractivity contribution is 7.07. The van der Waals surface area contributed by atoms with Crippen LogP contribution in [0.15, 0.2) is 29.1 Å².